The summed E-state index contributed by atoms with van der Waals surface area (Å²) in [7, 11) is 0. The summed E-state index contributed by atoms with van der Waals surface area (Å²) in [6.45, 7) is 3.76. The number of nitrogens with one attached hydrogen (secondary N) is 1. The molecule has 1 amide bonds. The molecule has 0 unspecified atom stereocenters. The van der Waals surface area contributed by atoms with Gasteiger partial charge in [-0.15, -0.1) is 11.3 Å². The third kappa shape index (κ3) is 3.54. The van der Waals surface area contributed by atoms with Crippen LogP contribution in [-0.2, 0) is 11.2 Å². The number of aromatic hydroxyl groups is 1. The van der Waals surface area contributed by atoms with E-state index in [-0.39, 0.29) is 18.4 Å². The Morgan fingerprint density at radius 2 is 2.30 bits per heavy atom. The fourth-order valence-electron chi connectivity index (χ4n) is 1.79. The summed E-state index contributed by atoms with van der Waals surface area (Å²) in [6.07, 6.45) is 0.0602. The van der Waals surface area contributed by atoms with Crippen LogP contribution < -0.4 is 5.32 Å². The summed E-state index contributed by atoms with van der Waals surface area (Å²) < 4.78 is 13.2. The van der Waals surface area contributed by atoms with Crippen molar-refractivity contribution in [1.29, 1.82) is 0 Å². The van der Waals surface area contributed by atoms with Crippen molar-refractivity contribution in [3.05, 3.63) is 45.7 Å². The SMILES string of the molecule is Cc1nc([C@@H](C)NC(=O)Cc2ccc(O)c(F)c2)cs1. The largest absolute Gasteiger partial charge is 0.505 e. The van der Waals surface area contributed by atoms with Crippen molar-refractivity contribution < 1.29 is 14.3 Å². The van der Waals surface area contributed by atoms with Crippen molar-refractivity contribution in [3.8, 4) is 5.75 Å². The van der Waals surface area contributed by atoms with Gasteiger partial charge < -0.3 is 10.4 Å². The third-order valence-electron chi connectivity index (χ3n) is 2.83. The van der Waals surface area contributed by atoms with Crippen LogP contribution in [-0.4, -0.2) is 16.0 Å². The number of hydrogen-bond acceptors (Lipinski definition) is 4. The molecule has 106 valence electrons. The van der Waals surface area contributed by atoms with Gasteiger partial charge in [-0.05, 0) is 31.5 Å². The van der Waals surface area contributed by atoms with Gasteiger partial charge in [0.15, 0.2) is 11.6 Å². The molecule has 0 bridgehead atoms. The van der Waals surface area contributed by atoms with E-state index in [1.807, 2.05) is 19.2 Å². The Hall–Kier alpha value is -1.95. The molecule has 20 heavy (non-hydrogen) atoms. The fourth-order valence-corrected chi connectivity index (χ4v) is 2.50. The molecule has 4 nitrogen and oxygen atoms in total. The molecule has 1 aromatic carbocycles. The Balaban J connectivity index is 1.96. The van der Waals surface area contributed by atoms with E-state index < -0.39 is 11.6 Å². The Morgan fingerprint density at radius 1 is 1.55 bits per heavy atom. The van der Waals surface area contributed by atoms with Crippen LogP contribution in [0.15, 0.2) is 23.6 Å². The lowest BCUT2D eigenvalue weighted by atomic mass is 10.1. The molecule has 2 rings (SSSR count). The quantitative estimate of drug-likeness (QED) is 0.911. The lowest BCUT2D eigenvalue weighted by Gasteiger charge is -2.11. The van der Waals surface area contributed by atoms with E-state index in [1.54, 1.807) is 0 Å². The Morgan fingerprint density at radius 3 is 2.90 bits per heavy atom. The number of halogens is 1. The van der Waals surface area contributed by atoms with Crippen LogP contribution in [0, 0.1) is 12.7 Å². The molecule has 2 N–H and O–H groups in total. The number of carbonyl (C=O) groups excluding carboxylic acids is 1. The summed E-state index contributed by atoms with van der Waals surface area (Å²) in [4.78, 5) is 16.2. The molecular formula is C14H15FN2O2S. The van der Waals surface area contributed by atoms with Gasteiger partial charge in [-0.2, -0.15) is 0 Å². The molecule has 0 aliphatic carbocycles. The molecule has 0 aliphatic rings. The van der Waals surface area contributed by atoms with E-state index >= 15 is 0 Å². The highest BCUT2D eigenvalue weighted by Crippen LogP contribution is 2.18. The molecule has 0 aliphatic heterocycles. The summed E-state index contributed by atoms with van der Waals surface area (Å²) >= 11 is 1.53. The standard InChI is InChI=1S/C14H15FN2O2S/c1-8(12-7-20-9(2)17-12)16-14(19)6-10-3-4-13(18)11(15)5-10/h3-5,7-8,18H,6H2,1-2H3,(H,16,19)/t8-/m1/s1. The predicted molar refractivity (Wildman–Crippen MR) is 75.2 cm³/mol. The zero-order valence-corrected chi connectivity index (χ0v) is 12.0. The van der Waals surface area contributed by atoms with Crippen LogP contribution >= 0.6 is 11.3 Å². The molecule has 2 aromatic rings. The second-order valence-electron chi connectivity index (χ2n) is 4.54. The van der Waals surface area contributed by atoms with Gasteiger partial charge >= 0.3 is 0 Å². The number of nitrogens with zero attached hydrogens (tertiary/aromatic N) is 1. The smallest absolute Gasteiger partial charge is 0.224 e. The molecule has 1 heterocycles. The molecule has 0 saturated heterocycles. The number of benzene rings is 1. The number of carbonyl (C=O) groups is 1. The Labute approximate surface area is 120 Å². The van der Waals surface area contributed by atoms with E-state index in [4.69, 9.17) is 5.11 Å². The van der Waals surface area contributed by atoms with Crippen LogP contribution in [0.25, 0.3) is 0 Å². The van der Waals surface area contributed by atoms with Gasteiger partial charge in [0.25, 0.3) is 0 Å². The molecule has 0 spiro atoms. The maximum atomic E-state index is 13.2. The third-order valence-corrected chi connectivity index (χ3v) is 3.63. The van der Waals surface area contributed by atoms with Crippen molar-refractivity contribution in [3.63, 3.8) is 0 Å². The van der Waals surface area contributed by atoms with Gasteiger partial charge in [0.2, 0.25) is 5.91 Å². The number of aryl methyl sites for hydroxylation is 1. The first-order valence-corrected chi connectivity index (χ1v) is 7.02. The zero-order valence-electron chi connectivity index (χ0n) is 11.2. The Kier molecular flexibility index (Phi) is 4.34. The fraction of sp³-hybridized carbons (Fsp3) is 0.286. The Bertz CT molecular complexity index is 627. The minimum absolute atomic E-state index is 0.0602. The number of hydrogen-bond donors (Lipinski definition) is 2. The van der Waals surface area contributed by atoms with Crippen molar-refractivity contribution >= 4 is 17.2 Å². The van der Waals surface area contributed by atoms with Crippen LogP contribution in [0.3, 0.4) is 0 Å². The van der Waals surface area contributed by atoms with Gasteiger partial charge in [0.1, 0.15) is 0 Å². The van der Waals surface area contributed by atoms with Gasteiger partial charge in [0, 0.05) is 5.38 Å². The average Bonchev–Trinajstić information content (AvgIpc) is 2.80. The average molecular weight is 294 g/mol. The normalized spacial score (nSPS) is 12.2. The zero-order chi connectivity index (χ0) is 14.7. The van der Waals surface area contributed by atoms with Crippen molar-refractivity contribution in [1.82, 2.24) is 10.3 Å². The number of phenols is 1. The second kappa shape index (κ2) is 6.00. The lowest BCUT2D eigenvalue weighted by molar-refractivity contribution is -0.121. The summed E-state index contributed by atoms with van der Waals surface area (Å²) in [5, 5.41) is 14.8. The van der Waals surface area contributed by atoms with Gasteiger partial charge in [-0.3, -0.25) is 4.79 Å². The number of aromatic nitrogens is 1. The molecule has 1 atom stereocenters. The van der Waals surface area contributed by atoms with Gasteiger partial charge in [-0.1, -0.05) is 6.07 Å². The number of rotatable bonds is 4. The summed E-state index contributed by atoms with van der Waals surface area (Å²) in [6, 6.07) is 3.74. The number of thiazole rings is 1. The molecule has 0 saturated carbocycles. The van der Waals surface area contributed by atoms with E-state index in [2.05, 4.69) is 10.3 Å². The summed E-state index contributed by atoms with van der Waals surface area (Å²) in [5.74, 6) is -1.35. The first kappa shape index (κ1) is 14.5. The first-order valence-electron chi connectivity index (χ1n) is 6.14. The van der Waals surface area contributed by atoms with Crippen LogP contribution in [0.1, 0.15) is 29.2 Å². The lowest BCUT2D eigenvalue weighted by Crippen LogP contribution is -2.28. The van der Waals surface area contributed by atoms with Crippen LogP contribution in [0.2, 0.25) is 0 Å². The van der Waals surface area contributed by atoms with Crippen molar-refractivity contribution in [2.45, 2.75) is 26.3 Å². The molecular weight excluding hydrogens is 279 g/mol. The highest BCUT2D eigenvalue weighted by atomic mass is 32.1. The monoisotopic (exact) mass is 294 g/mol. The van der Waals surface area contributed by atoms with Crippen LogP contribution in [0.5, 0.6) is 5.75 Å². The molecule has 1 aromatic heterocycles. The maximum Gasteiger partial charge on any atom is 0.224 e. The molecule has 0 radical (unpaired) electrons. The van der Waals surface area contributed by atoms with E-state index in [0.717, 1.165) is 16.8 Å². The predicted octanol–water partition coefficient (Wildman–Crippen LogP) is 2.72. The van der Waals surface area contributed by atoms with E-state index in [1.165, 1.54) is 23.5 Å². The van der Waals surface area contributed by atoms with Crippen molar-refractivity contribution in [2.24, 2.45) is 0 Å². The highest BCUT2D eigenvalue weighted by molar-refractivity contribution is 7.09. The minimum Gasteiger partial charge on any atom is -0.505 e. The maximum absolute atomic E-state index is 13.2. The minimum atomic E-state index is -0.724. The number of amides is 1. The first-order chi connectivity index (χ1) is 9.45. The number of phenolic OH excluding ortho intramolecular Hbond substituents is 1. The van der Waals surface area contributed by atoms with E-state index in [9.17, 15) is 9.18 Å². The van der Waals surface area contributed by atoms with E-state index in [0.29, 0.717) is 5.56 Å². The van der Waals surface area contributed by atoms with Gasteiger partial charge in [-0.25, -0.2) is 9.37 Å². The molecule has 0 fully saturated rings. The topological polar surface area (TPSA) is 62.2 Å². The van der Waals surface area contributed by atoms with Crippen molar-refractivity contribution in [2.75, 3.05) is 0 Å². The van der Waals surface area contributed by atoms with Crippen LogP contribution in [0.4, 0.5) is 4.39 Å². The van der Waals surface area contributed by atoms with Gasteiger partial charge in [0.05, 0.1) is 23.2 Å². The highest BCUT2D eigenvalue weighted by Gasteiger charge is 2.13. The molecule has 6 heteroatoms. The summed E-state index contributed by atoms with van der Waals surface area (Å²) in [5.41, 5.74) is 1.33. The second-order valence-corrected chi connectivity index (χ2v) is 5.61.